The average molecular weight is 340 g/mol. The van der Waals surface area contributed by atoms with Crippen molar-refractivity contribution in [1.29, 1.82) is 0 Å². The summed E-state index contributed by atoms with van der Waals surface area (Å²) >= 11 is 3.49. The first-order chi connectivity index (χ1) is 9.78. The number of ether oxygens (including phenoxy) is 1. The Kier molecular flexibility index (Phi) is 7.05. The first-order valence-corrected chi connectivity index (χ1v) is 8.66. The maximum atomic E-state index is 5.84. The van der Waals surface area contributed by atoms with Gasteiger partial charge in [0.2, 0.25) is 0 Å². The topological polar surface area (TPSA) is 21.3 Å². The lowest BCUT2D eigenvalue weighted by Gasteiger charge is -2.25. The van der Waals surface area contributed by atoms with Crippen LogP contribution >= 0.6 is 15.9 Å². The summed E-state index contributed by atoms with van der Waals surface area (Å²) < 4.78 is 6.99. The van der Waals surface area contributed by atoms with Gasteiger partial charge in [0.05, 0.1) is 6.10 Å². The molecule has 112 valence electrons. The predicted molar refractivity (Wildman–Crippen MR) is 88.1 cm³/mol. The lowest BCUT2D eigenvalue weighted by Crippen LogP contribution is -2.32. The number of likely N-dealkylation sites (N-methyl/N-ethyl adjacent to an activating group) is 1. The Labute approximate surface area is 131 Å². The third-order valence-electron chi connectivity index (χ3n) is 4.00. The van der Waals surface area contributed by atoms with Crippen LogP contribution in [0.1, 0.15) is 44.6 Å². The number of rotatable bonds is 7. The molecule has 2 atom stereocenters. The predicted octanol–water partition coefficient (Wildman–Crippen LogP) is 4.32. The zero-order valence-corrected chi connectivity index (χ0v) is 14.0. The summed E-state index contributed by atoms with van der Waals surface area (Å²) in [6.07, 6.45) is 7.82. The minimum absolute atomic E-state index is 0.495. The van der Waals surface area contributed by atoms with Gasteiger partial charge in [0.25, 0.3) is 0 Å². The SMILES string of the molecule is CCNC(CCC1CCCCO1)Cc1ccc(Br)cc1. The van der Waals surface area contributed by atoms with Crippen molar-refractivity contribution in [3.8, 4) is 0 Å². The van der Waals surface area contributed by atoms with E-state index in [1.807, 2.05) is 0 Å². The summed E-state index contributed by atoms with van der Waals surface area (Å²) in [5.41, 5.74) is 1.41. The molecule has 0 aliphatic carbocycles. The Morgan fingerprint density at radius 2 is 2.10 bits per heavy atom. The maximum Gasteiger partial charge on any atom is 0.0575 e. The van der Waals surface area contributed by atoms with E-state index in [0.717, 1.165) is 24.0 Å². The minimum Gasteiger partial charge on any atom is -0.378 e. The molecular formula is C17H26BrNO. The molecule has 0 aromatic heterocycles. The van der Waals surface area contributed by atoms with Gasteiger partial charge in [0, 0.05) is 17.1 Å². The molecule has 0 spiro atoms. The highest BCUT2D eigenvalue weighted by Crippen LogP contribution is 2.19. The average Bonchev–Trinajstić information content (AvgIpc) is 2.48. The molecule has 0 saturated carbocycles. The van der Waals surface area contributed by atoms with E-state index in [1.165, 1.54) is 37.7 Å². The van der Waals surface area contributed by atoms with Crippen LogP contribution in [0.25, 0.3) is 0 Å². The number of benzene rings is 1. The third-order valence-corrected chi connectivity index (χ3v) is 4.53. The van der Waals surface area contributed by atoms with Gasteiger partial charge in [0.1, 0.15) is 0 Å². The van der Waals surface area contributed by atoms with Gasteiger partial charge >= 0.3 is 0 Å². The van der Waals surface area contributed by atoms with Crippen molar-refractivity contribution in [1.82, 2.24) is 5.32 Å². The van der Waals surface area contributed by atoms with E-state index < -0.39 is 0 Å². The van der Waals surface area contributed by atoms with E-state index in [1.54, 1.807) is 0 Å². The molecule has 1 N–H and O–H groups in total. The van der Waals surface area contributed by atoms with Crippen LogP contribution in [0.4, 0.5) is 0 Å². The molecule has 20 heavy (non-hydrogen) atoms. The maximum absolute atomic E-state index is 5.84. The fourth-order valence-corrected chi connectivity index (χ4v) is 3.16. The molecule has 2 rings (SSSR count). The molecule has 2 nitrogen and oxygen atoms in total. The van der Waals surface area contributed by atoms with Gasteiger partial charge in [-0.2, -0.15) is 0 Å². The highest BCUT2D eigenvalue weighted by atomic mass is 79.9. The number of hydrogen-bond donors (Lipinski definition) is 1. The minimum atomic E-state index is 0.495. The van der Waals surface area contributed by atoms with E-state index >= 15 is 0 Å². The molecule has 1 saturated heterocycles. The fourth-order valence-electron chi connectivity index (χ4n) is 2.89. The van der Waals surface area contributed by atoms with Crippen molar-refractivity contribution >= 4 is 15.9 Å². The summed E-state index contributed by atoms with van der Waals surface area (Å²) in [6, 6.07) is 9.24. The van der Waals surface area contributed by atoms with Gasteiger partial charge in [-0.1, -0.05) is 35.0 Å². The van der Waals surface area contributed by atoms with Gasteiger partial charge in [-0.25, -0.2) is 0 Å². The van der Waals surface area contributed by atoms with Gasteiger partial charge in [-0.15, -0.1) is 0 Å². The highest BCUT2D eigenvalue weighted by Gasteiger charge is 2.16. The number of halogens is 1. The molecular weight excluding hydrogens is 314 g/mol. The number of nitrogens with one attached hydrogen (secondary N) is 1. The fraction of sp³-hybridized carbons (Fsp3) is 0.647. The Morgan fingerprint density at radius 3 is 2.75 bits per heavy atom. The van der Waals surface area contributed by atoms with Crippen LogP contribution < -0.4 is 5.32 Å². The molecule has 2 unspecified atom stereocenters. The van der Waals surface area contributed by atoms with E-state index in [9.17, 15) is 0 Å². The largest absolute Gasteiger partial charge is 0.378 e. The second-order valence-corrected chi connectivity index (χ2v) is 6.57. The molecule has 1 aliphatic heterocycles. The molecule has 1 aromatic rings. The summed E-state index contributed by atoms with van der Waals surface area (Å²) in [6.45, 7) is 4.18. The summed E-state index contributed by atoms with van der Waals surface area (Å²) in [5.74, 6) is 0. The van der Waals surface area contributed by atoms with Crippen LogP contribution in [0.5, 0.6) is 0 Å². The van der Waals surface area contributed by atoms with Gasteiger partial charge in [-0.3, -0.25) is 0 Å². The lowest BCUT2D eigenvalue weighted by atomic mass is 9.97. The molecule has 1 heterocycles. The lowest BCUT2D eigenvalue weighted by molar-refractivity contribution is 0.00860. The molecule has 1 aliphatic rings. The smallest absolute Gasteiger partial charge is 0.0575 e. The van der Waals surface area contributed by atoms with Crippen molar-refractivity contribution < 1.29 is 4.74 Å². The second kappa shape index (κ2) is 8.81. The zero-order chi connectivity index (χ0) is 14.2. The van der Waals surface area contributed by atoms with Gasteiger partial charge in [-0.05, 0) is 62.8 Å². The highest BCUT2D eigenvalue weighted by molar-refractivity contribution is 9.10. The molecule has 3 heteroatoms. The second-order valence-electron chi connectivity index (χ2n) is 5.65. The van der Waals surface area contributed by atoms with E-state index in [-0.39, 0.29) is 0 Å². The number of hydrogen-bond acceptors (Lipinski definition) is 2. The third kappa shape index (κ3) is 5.55. The van der Waals surface area contributed by atoms with E-state index in [2.05, 4.69) is 52.4 Å². The van der Waals surface area contributed by atoms with Crippen molar-refractivity contribution in [2.24, 2.45) is 0 Å². The van der Waals surface area contributed by atoms with Crippen LogP contribution in [-0.4, -0.2) is 25.3 Å². The van der Waals surface area contributed by atoms with Crippen LogP contribution in [0.3, 0.4) is 0 Å². The Morgan fingerprint density at radius 1 is 1.30 bits per heavy atom. The van der Waals surface area contributed by atoms with Crippen LogP contribution in [-0.2, 0) is 11.2 Å². The summed E-state index contributed by atoms with van der Waals surface area (Å²) in [7, 11) is 0. The molecule has 1 aromatic carbocycles. The molecule has 0 bridgehead atoms. The van der Waals surface area contributed by atoms with Crippen LogP contribution in [0, 0.1) is 0 Å². The first kappa shape index (κ1) is 16.0. The summed E-state index contributed by atoms with van der Waals surface area (Å²) in [4.78, 5) is 0. The standard InChI is InChI=1S/C17H26BrNO/c1-2-19-16(10-11-17-5-3-4-12-20-17)13-14-6-8-15(18)9-7-14/h6-9,16-17,19H,2-5,10-13H2,1H3. The Balaban J connectivity index is 1.81. The van der Waals surface area contributed by atoms with Crippen molar-refractivity contribution in [3.05, 3.63) is 34.3 Å². The van der Waals surface area contributed by atoms with E-state index in [0.29, 0.717) is 12.1 Å². The van der Waals surface area contributed by atoms with Gasteiger partial charge < -0.3 is 10.1 Å². The Bertz CT molecular complexity index is 373. The zero-order valence-electron chi connectivity index (χ0n) is 12.4. The monoisotopic (exact) mass is 339 g/mol. The van der Waals surface area contributed by atoms with Crippen molar-refractivity contribution in [3.63, 3.8) is 0 Å². The van der Waals surface area contributed by atoms with E-state index in [4.69, 9.17) is 4.74 Å². The van der Waals surface area contributed by atoms with Gasteiger partial charge in [0.15, 0.2) is 0 Å². The molecule has 1 fully saturated rings. The molecule has 0 radical (unpaired) electrons. The molecule has 0 amide bonds. The quantitative estimate of drug-likeness (QED) is 0.798. The van der Waals surface area contributed by atoms with Crippen molar-refractivity contribution in [2.75, 3.05) is 13.2 Å². The Hall–Kier alpha value is -0.380. The van der Waals surface area contributed by atoms with Crippen molar-refractivity contribution in [2.45, 2.75) is 57.6 Å². The normalized spacial score (nSPS) is 20.8. The van der Waals surface area contributed by atoms with Crippen LogP contribution in [0.2, 0.25) is 0 Å². The first-order valence-electron chi connectivity index (χ1n) is 7.87. The summed E-state index contributed by atoms with van der Waals surface area (Å²) in [5, 5.41) is 3.62. The van der Waals surface area contributed by atoms with Crippen LogP contribution in [0.15, 0.2) is 28.7 Å².